The minimum atomic E-state index is 0.565. The molecule has 0 aliphatic rings. The Labute approximate surface area is 116 Å². The second-order valence-corrected chi connectivity index (χ2v) is 4.85. The molecular weight excluding hydrogens is 294 g/mol. The Hall–Kier alpha value is -1.29. The van der Waals surface area contributed by atoms with Crippen LogP contribution in [0.15, 0.2) is 33.3 Å². The molecule has 0 N–H and O–H groups in total. The van der Waals surface area contributed by atoms with Gasteiger partial charge in [0.05, 0.1) is 6.61 Å². The first-order chi connectivity index (χ1) is 8.52. The van der Waals surface area contributed by atoms with Gasteiger partial charge < -0.3 is 9.26 Å². The highest BCUT2D eigenvalue weighted by atomic mass is 79.9. The van der Waals surface area contributed by atoms with Gasteiger partial charge in [-0.2, -0.15) is 0 Å². The number of rotatable bonds is 2. The molecule has 2 aromatic rings. The highest BCUT2D eigenvalue weighted by Crippen LogP contribution is 2.14. The molecule has 0 unspecified atom stereocenters. The molecule has 0 radical (unpaired) electrons. The zero-order valence-electron chi connectivity index (χ0n) is 11.2. The van der Waals surface area contributed by atoms with Crippen LogP contribution in [0.25, 0.3) is 0 Å². The molecule has 4 heteroatoms. The zero-order chi connectivity index (χ0) is 13.5. The molecule has 0 spiro atoms. The number of hydrogen-bond donors (Lipinski definition) is 0. The average Bonchev–Trinajstić information content (AvgIpc) is 2.71. The number of nitrogens with zero attached hydrogens (tertiary/aromatic N) is 1. The quantitative estimate of drug-likeness (QED) is 0.822. The third-order valence-corrected chi connectivity index (χ3v) is 2.86. The van der Waals surface area contributed by atoms with Gasteiger partial charge in [0.2, 0.25) is 0 Å². The van der Waals surface area contributed by atoms with E-state index in [-0.39, 0.29) is 0 Å². The van der Waals surface area contributed by atoms with Crippen molar-refractivity contribution in [2.45, 2.75) is 27.7 Å². The van der Waals surface area contributed by atoms with Crippen molar-refractivity contribution in [2.24, 2.45) is 0 Å². The predicted octanol–water partition coefficient (Wildman–Crippen LogP) is 4.45. The Morgan fingerprint density at radius 3 is 2.33 bits per heavy atom. The molecule has 3 nitrogen and oxygen atoms in total. The molecule has 1 aromatic carbocycles. The molecular formula is C14H18BrNO2. The summed E-state index contributed by atoms with van der Waals surface area (Å²) in [4.78, 5) is 0. The van der Waals surface area contributed by atoms with E-state index in [1.165, 1.54) is 11.1 Å². The molecule has 0 aliphatic carbocycles. The van der Waals surface area contributed by atoms with Gasteiger partial charge in [-0.1, -0.05) is 22.0 Å². The van der Waals surface area contributed by atoms with Crippen LogP contribution in [0.5, 0.6) is 5.88 Å². The van der Waals surface area contributed by atoms with Gasteiger partial charge in [-0.15, -0.1) is 0 Å². The van der Waals surface area contributed by atoms with Gasteiger partial charge in [0.15, 0.2) is 0 Å². The molecule has 0 saturated heterocycles. The molecule has 0 aliphatic heterocycles. The maximum absolute atomic E-state index is 5.02. The maximum atomic E-state index is 5.02. The second kappa shape index (κ2) is 7.21. The summed E-state index contributed by atoms with van der Waals surface area (Å²) in [6, 6.07) is 8.04. The normalized spacial score (nSPS) is 9.61. The van der Waals surface area contributed by atoms with Gasteiger partial charge in [0.25, 0.3) is 5.88 Å². The van der Waals surface area contributed by atoms with E-state index in [4.69, 9.17) is 9.26 Å². The second-order valence-electron chi connectivity index (χ2n) is 3.94. The summed E-state index contributed by atoms with van der Waals surface area (Å²) < 4.78 is 10.9. The van der Waals surface area contributed by atoms with E-state index in [9.17, 15) is 0 Å². The van der Waals surface area contributed by atoms with Crippen molar-refractivity contribution < 1.29 is 9.26 Å². The number of aromatic nitrogens is 1. The van der Waals surface area contributed by atoms with Crippen molar-refractivity contribution in [3.8, 4) is 5.88 Å². The van der Waals surface area contributed by atoms with E-state index in [1.54, 1.807) is 6.07 Å². The fourth-order valence-corrected chi connectivity index (χ4v) is 1.74. The van der Waals surface area contributed by atoms with Crippen LogP contribution < -0.4 is 4.74 Å². The average molecular weight is 312 g/mol. The minimum Gasteiger partial charge on any atom is -0.476 e. The van der Waals surface area contributed by atoms with Crippen LogP contribution in [0.3, 0.4) is 0 Å². The Morgan fingerprint density at radius 2 is 1.89 bits per heavy atom. The van der Waals surface area contributed by atoms with Gasteiger partial charge in [-0.25, -0.2) is 0 Å². The lowest BCUT2D eigenvalue weighted by Crippen LogP contribution is -1.89. The van der Waals surface area contributed by atoms with Crippen molar-refractivity contribution in [1.29, 1.82) is 0 Å². The van der Waals surface area contributed by atoms with Gasteiger partial charge in [0.1, 0.15) is 5.76 Å². The molecule has 0 fully saturated rings. The first kappa shape index (κ1) is 14.8. The Morgan fingerprint density at radius 1 is 1.17 bits per heavy atom. The topological polar surface area (TPSA) is 35.3 Å². The van der Waals surface area contributed by atoms with Crippen LogP contribution in [0.1, 0.15) is 23.8 Å². The molecule has 0 amide bonds. The summed E-state index contributed by atoms with van der Waals surface area (Å²) in [6.45, 7) is 8.59. The summed E-state index contributed by atoms with van der Waals surface area (Å²) >= 11 is 3.40. The number of benzene rings is 1. The van der Waals surface area contributed by atoms with Crippen molar-refractivity contribution >= 4 is 15.9 Å². The largest absolute Gasteiger partial charge is 0.476 e. The number of ether oxygens (including phenoxy) is 1. The van der Waals surface area contributed by atoms with Crippen LogP contribution in [-0.2, 0) is 0 Å². The Bertz CT molecular complexity index is 494. The Kier molecular flexibility index (Phi) is 5.92. The SMILES string of the molecule is CCOc1cc(C)on1.Cc1ccc(Br)cc1C. The van der Waals surface area contributed by atoms with E-state index >= 15 is 0 Å². The van der Waals surface area contributed by atoms with Crippen LogP contribution in [0, 0.1) is 20.8 Å². The number of halogens is 1. The number of hydrogen-bond acceptors (Lipinski definition) is 3. The van der Waals surface area contributed by atoms with Crippen molar-refractivity contribution in [1.82, 2.24) is 5.16 Å². The lowest BCUT2D eigenvalue weighted by atomic mass is 10.1. The fourth-order valence-electron chi connectivity index (χ4n) is 1.26. The molecule has 0 saturated carbocycles. The molecule has 2 rings (SSSR count). The number of aryl methyl sites for hydroxylation is 3. The summed E-state index contributed by atoms with van der Waals surface area (Å²) in [7, 11) is 0. The third kappa shape index (κ3) is 4.92. The summed E-state index contributed by atoms with van der Waals surface area (Å²) in [6.07, 6.45) is 0. The summed E-state index contributed by atoms with van der Waals surface area (Å²) in [5, 5.41) is 3.61. The minimum absolute atomic E-state index is 0.565. The van der Waals surface area contributed by atoms with E-state index in [1.807, 2.05) is 13.8 Å². The highest BCUT2D eigenvalue weighted by molar-refractivity contribution is 9.10. The smallest absolute Gasteiger partial charge is 0.254 e. The zero-order valence-corrected chi connectivity index (χ0v) is 12.7. The van der Waals surface area contributed by atoms with Gasteiger partial charge in [-0.05, 0) is 56.1 Å². The molecule has 1 aromatic heterocycles. The van der Waals surface area contributed by atoms with Crippen LogP contribution >= 0.6 is 15.9 Å². The first-order valence-corrected chi connectivity index (χ1v) is 6.61. The van der Waals surface area contributed by atoms with E-state index in [0.29, 0.717) is 12.5 Å². The molecule has 98 valence electrons. The van der Waals surface area contributed by atoms with Gasteiger partial charge in [-0.3, -0.25) is 0 Å². The van der Waals surface area contributed by atoms with Crippen LogP contribution in [0.4, 0.5) is 0 Å². The molecule has 18 heavy (non-hydrogen) atoms. The predicted molar refractivity (Wildman–Crippen MR) is 76.0 cm³/mol. The lowest BCUT2D eigenvalue weighted by Gasteiger charge is -1.97. The van der Waals surface area contributed by atoms with Crippen molar-refractivity contribution in [3.05, 3.63) is 45.6 Å². The monoisotopic (exact) mass is 311 g/mol. The molecule has 0 bridgehead atoms. The standard InChI is InChI=1S/C8H9Br.C6H9NO2/c1-6-3-4-8(9)5-7(6)2;1-3-8-6-4-5(2)9-7-6/h3-5H,1-2H3;4H,3H2,1-2H3. The first-order valence-electron chi connectivity index (χ1n) is 5.81. The van der Waals surface area contributed by atoms with Gasteiger partial charge in [0, 0.05) is 10.5 Å². The van der Waals surface area contributed by atoms with E-state index in [0.717, 1.165) is 10.2 Å². The van der Waals surface area contributed by atoms with Crippen LogP contribution in [0.2, 0.25) is 0 Å². The van der Waals surface area contributed by atoms with E-state index < -0.39 is 0 Å². The summed E-state index contributed by atoms with van der Waals surface area (Å²) in [5.74, 6) is 1.34. The lowest BCUT2D eigenvalue weighted by molar-refractivity contribution is 0.291. The van der Waals surface area contributed by atoms with Gasteiger partial charge >= 0.3 is 0 Å². The van der Waals surface area contributed by atoms with Crippen molar-refractivity contribution in [2.75, 3.05) is 6.61 Å². The third-order valence-electron chi connectivity index (χ3n) is 2.37. The van der Waals surface area contributed by atoms with E-state index in [2.05, 4.69) is 53.1 Å². The molecule has 1 heterocycles. The van der Waals surface area contributed by atoms with Crippen LogP contribution in [-0.4, -0.2) is 11.8 Å². The highest BCUT2D eigenvalue weighted by Gasteiger charge is 1.96. The fraction of sp³-hybridized carbons (Fsp3) is 0.357. The van der Waals surface area contributed by atoms with Crippen molar-refractivity contribution in [3.63, 3.8) is 0 Å². The summed E-state index contributed by atoms with van der Waals surface area (Å²) in [5.41, 5.74) is 2.68. The molecule has 0 atom stereocenters. The maximum Gasteiger partial charge on any atom is 0.254 e. The Balaban J connectivity index is 0.000000180.